The molecule has 3 aromatic rings. The van der Waals surface area contributed by atoms with Gasteiger partial charge in [-0.3, -0.25) is 9.59 Å². The van der Waals surface area contributed by atoms with E-state index in [0.717, 1.165) is 34.5 Å². The van der Waals surface area contributed by atoms with Crippen LogP contribution in [-0.2, 0) is 13.0 Å². The number of halogens is 1. The summed E-state index contributed by atoms with van der Waals surface area (Å²) < 4.78 is 22.7. The lowest BCUT2D eigenvalue weighted by molar-refractivity contribution is 0.101. The van der Waals surface area contributed by atoms with Gasteiger partial charge in [0.2, 0.25) is 5.43 Å². The molecule has 1 aliphatic heterocycles. The Morgan fingerprint density at radius 2 is 1.65 bits per heavy atom. The number of rotatable bonds is 4. The van der Waals surface area contributed by atoms with Crippen molar-refractivity contribution < 1.29 is 15.0 Å². The second kappa shape index (κ2) is 20.6. The van der Waals surface area contributed by atoms with Crippen LogP contribution in [0.3, 0.4) is 0 Å². The summed E-state index contributed by atoms with van der Waals surface area (Å²) in [6.45, 7) is 29.0. The van der Waals surface area contributed by atoms with Crippen molar-refractivity contribution in [2.24, 2.45) is 5.92 Å². The van der Waals surface area contributed by atoms with Gasteiger partial charge in [-0.2, -0.15) is 0 Å². The van der Waals surface area contributed by atoms with Gasteiger partial charge in [-0.05, 0) is 38.8 Å². The first kappa shape index (κ1) is 38.9. The van der Waals surface area contributed by atoms with E-state index < -0.39 is 17.0 Å². The number of aromatic nitrogens is 1. The number of fused-ring (bicyclic) bond motifs is 5. The van der Waals surface area contributed by atoms with E-state index >= 15 is 0 Å². The predicted molar refractivity (Wildman–Crippen MR) is 175 cm³/mol. The van der Waals surface area contributed by atoms with E-state index in [2.05, 4.69) is 45.3 Å². The van der Waals surface area contributed by atoms with Crippen LogP contribution in [0.15, 0.2) is 52.8 Å². The topological polar surface area (TPSA) is 64.2 Å². The van der Waals surface area contributed by atoms with Gasteiger partial charge in [0.1, 0.15) is 11.3 Å². The number of likely N-dealkylation sites (N-methyl/N-ethyl adjacent to an activating group) is 1. The summed E-state index contributed by atoms with van der Waals surface area (Å²) in [5.74, 6) is -0.168. The van der Waals surface area contributed by atoms with Gasteiger partial charge in [0, 0.05) is 37.2 Å². The number of benzene rings is 1. The molecule has 1 N–H and O–H groups in total. The third-order valence-corrected chi connectivity index (χ3v) is 5.28. The quantitative estimate of drug-likeness (QED) is 0.256. The molecule has 2 aromatic heterocycles. The maximum absolute atomic E-state index is 15.0. The molecule has 5 nitrogen and oxygen atoms in total. The molecular weight excluding hydrogens is 503 g/mol. The molecule has 0 amide bonds. The van der Waals surface area contributed by atoms with Crippen LogP contribution in [0.4, 0.5) is 4.39 Å². The summed E-state index contributed by atoms with van der Waals surface area (Å²) in [7, 11) is 1.88. The molecule has 0 unspecified atom stereocenters. The Morgan fingerprint density at radius 1 is 1.10 bits per heavy atom. The van der Waals surface area contributed by atoms with Crippen molar-refractivity contribution in [1.82, 2.24) is 9.88 Å². The van der Waals surface area contributed by atoms with Gasteiger partial charge in [0.15, 0.2) is 17.4 Å². The smallest absolute Gasteiger partial charge is 0.228 e. The lowest BCUT2D eigenvalue weighted by Crippen LogP contribution is -2.24. The number of hydrogen-bond donors (Lipinski definition) is 1. The molecule has 40 heavy (non-hydrogen) atoms. The monoisotopic (exact) mass is 558 g/mol. The summed E-state index contributed by atoms with van der Waals surface area (Å²) in [6.07, 6.45) is 4.14. The Morgan fingerprint density at radius 3 is 2.15 bits per heavy atom. The first-order valence-electron chi connectivity index (χ1n) is 14.5. The minimum absolute atomic E-state index is 0. The lowest BCUT2D eigenvalue weighted by Gasteiger charge is -2.19. The number of nitrogens with zero attached hydrogens (tertiary/aromatic N) is 1. The fourth-order valence-corrected chi connectivity index (χ4v) is 3.81. The summed E-state index contributed by atoms with van der Waals surface area (Å²) in [4.78, 5) is 24.0. The van der Waals surface area contributed by atoms with E-state index in [0.29, 0.717) is 24.3 Å². The Labute approximate surface area is 243 Å². The van der Waals surface area contributed by atoms with E-state index in [9.17, 15) is 14.0 Å². The minimum atomic E-state index is -0.934. The molecule has 0 fully saturated rings. The third-order valence-electron chi connectivity index (χ3n) is 5.28. The van der Waals surface area contributed by atoms with Crippen molar-refractivity contribution in [2.75, 3.05) is 13.6 Å². The van der Waals surface area contributed by atoms with Crippen LogP contribution in [-0.4, -0.2) is 23.9 Å². The van der Waals surface area contributed by atoms with Gasteiger partial charge in [0.25, 0.3) is 0 Å². The van der Waals surface area contributed by atoms with Crippen LogP contribution in [0, 0.1) is 11.7 Å². The average Bonchev–Trinajstić information content (AvgIpc) is 3.36. The van der Waals surface area contributed by atoms with Gasteiger partial charge < -0.3 is 14.3 Å². The number of pyridine rings is 1. The molecule has 0 spiro atoms. The van der Waals surface area contributed by atoms with Crippen LogP contribution in [0.2, 0.25) is 0 Å². The molecule has 0 radical (unpaired) electrons. The summed E-state index contributed by atoms with van der Waals surface area (Å²) >= 11 is 0. The molecule has 3 heterocycles. The molecular formula is C34H55FN2O3. The van der Waals surface area contributed by atoms with Gasteiger partial charge in [-0.25, -0.2) is 4.39 Å². The maximum Gasteiger partial charge on any atom is 0.228 e. The Balaban J connectivity index is -0.000000976. The van der Waals surface area contributed by atoms with Gasteiger partial charge in [-0.15, -0.1) is 13.2 Å². The number of carbonyl (C=O) groups excluding carboxylic acids is 1. The molecule has 226 valence electrons. The van der Waals surface area contributed by atoms with Gasteiger partial charge in [0.05, 0.1) is 5.56 Å². The fourth-order valence-electron chi connectivity index (χ4n) is 3.81. The SMILES string of the molecule is C=C.CC.CC.CC.CC(C)C.CNC/C=C(\C)c1cccc2c3c(oc12)-c1c(F)c(=O)c(C(C)=O)cn1CC3.[HH]. The largest absolute Gasteiger partial charge is 0.453 e. The number of carbonyl (C=O) groups is 1. The van der Waals surface area contributed by atoms with Crippen LogP contribution < -0.4 is 10.7 Å². The lowest BCUT2D eigenvalue weighted by atomic mass is 9.98. The first-order valence-corrected chi connectivity index (χ1v) is 14.5. The summed E-state index contributed by atoms with van der Waals surface area (Å²) in [5.41, 5.74) is 2.69. The van der Waals surface area contributed by atoms with Crippen molar-refractivity contribution in [3.8, 4) is 11.5 Å². The highest BCUT2D eigenvalue weighted by Gasteiger charge is 2.29. The molecule has 1 aromatic carbocycles. The normalized spacial score (nSPS) is 10.9. The Hall–Kier alpha value is -3.25. The predicted octanol–water partition coefficient (Wildman–Crippen LogP) is 9.57. The molecule has 0 saturated carbocycles. The zero-order valence-electron chi connectivity index (χ0n) is 27.0. The zero-order chi connectivity index (χ0) is 31.6. The molecule has 0 saturated heterocycles. The zero-order valence-corrected chi connectivity index (χ0v) is 27.0. The molecule has 0 bridgehead atoms. The van der Waals surface area contributed by atoms with Crippen molar-refractivity contribution in [1.29, 1.82) is 0 Å². The number of Topliss-reactive ketones (excluding diaryl/α,β-unsaturated/α-hetero) is 1. The number of aryl methyl sites for hydroxylation is 2. The number of allylic oxidation sites excluding steroid dienone is 1. The second-order valence-electron chi connectivity index (χ2n) is 8.80. The highest BCUT2D eigenvalue weighted by atomic mass is 19.1. The highest BCUT2D eigenvalue weighted by molar-refractivity contribution is 5.96. The van der Waals surface area contributed by atoms with Crippen molar-refractivity contribution in [2.45, 2.75) is 89.1 Å². The number of nitrogens with one attached hydrogen (secondary N) is 1. The van der Waals surface area contributed by atoms with Gasteiger partial charge in [-0.1, -0.05) is 86.6 Å². The maximum atomic E-state index is 15.0. The first-order chi connectivity index (χ1) is 19.2. The standard InChI is InChI=1S/C22H21FN2O3.C4H10.3C2H6.C2H4.H2/c1-12(7-9-24-3)14-5-4-6-15-16-8-10-25-11-17(13(2)26)20(27)18(23)19(25)22(16)28-21(14)15;1-4(2)3;4*1-2;/h4-7,11,24H,8-10H2,1-3H3;4H,1-3H3;3*1-2H3;1-2H2;1H/b12-7+;;;;;;. The molecule has 6 heteroatoms. The minimum Gasteiger partial charge on any atom is -0.453 e. The summed E-state index contributed by atoms with van der Waals surface area (Å²) in [6, 6.07) is 5.89. The number of hydrogen-bond acceptors (Lipinski definition) is 4. The van der Waals surface area contributed by atoms with Gasteiger partial charge >= 0.3 is 0 Å². The van der Waals surface area contributed by atoms with E-state index in [1.807, 2.05) is 73.7 Å². The van der Waals surface area contributed by atoms with E-state index in [1.165, 1.54) is 13.1 Å². The van der Waals surface area contributed by atoms with E-state index in [4.69, 9.17) is 4.42 Å². The Kier molecular flexibility index (Phi) is 20.1. The van der Waals surface area contributed by atoms with Crippen molar-refractivity contribution in [3.05, 3.63) is 76.4 Å². The van der Waals surface area contributed by atoms with Crippen LogP contribution in [0.5, 0.6) is 0 Å². The van der Waals surface area contributed by atoms with E-state index in [1.54, 1.807) is 4.57 Å². The molecule has 1 aliphatic rings. The van der Waals surface area contributed by atoms with Crippen molar-refractivity contribution in [3.63, 3.8) is 0 Å². The highest BCUT2D eigenvalue weighted by Crippen LogP contribution is 2.40. The average molecular weight is 559 g/mol. The number of para-hydroxylation sites is 1. The molecule has 0 aliphatic carbocycles. The number of furan rings is 1. The Bertz CT molecular complexity index is 1270. The van der Waals surface area contributed by atoms with Crippen molar-refractivity contribution >= 4 is 22.3 Å². The summed E-state index contributed by atoms with van der Waals surface area (Å²) in [5, 5.41) is 4.01. The van der Waals surface area contributed by atoms with Crippen LogP contribution >= 0.6 is 0 Å². The van der Waals surface area contributed by atoms with E-state index in [-0.39, 0.29) is 12.7 Å². The second-order valence-corrected chi connectivity index (χ2v) is 8.80. The van der Waals surface area contributed by atoms with Crippen LogP contribution in [0.25, 0.3) is 28.0 Å². The fraction of sp³-hybridized carbons (Fsp3) is 0.471. The van der Waals surface area contributed by atoms with Crippen LogP contribution in [0.1, 0.15) is 99.1 Å². The molecule has 4 rings (SSSR count). The number of ketones is 1. The molecule has 0 atom stereocenters. The third kappa shape index (κ3) is 9.74.